The van der Waals surface area contributed by atoms with Crippen molar-refractivity contribution >= 4 is 21.8 Å². The average molecular weight is 408 g/mol. The maximum Gasteiger partial charge on any atom is 0.436 e. The summed E-state index contributed by atoms with van der Waals surface area (Å²) in [6.07, 6.45) is -2.77. The molecule has 24 heavy (non-hydrogen) atoms. The van der Waals surface area contributed by atoms with Gasteiger partial charge in [-0.1, -0.05) is 0 Å². The highest BCUT2D eigenvalue weighted by Gasteiger charge is 2.38. The molecule has 0 saturated carbocycles. The Bertz CT molecular complexity index is 765. The van der Waals surface area contributed by atoms with E-state index in [2.05, 4.69) is 26.1 Å². The summed E-state index contributed by atoms with van der Waals surface area (Å²) in [6, 6.07) is 0. The molecule has 0 aliphatic rings. The number of hydrogen-bond acceptors (Lipinski definition) is 3. The fourth-order valence-corrected chi connectivity index (χ4v) is 2.76. The fourth-order valence-electron chi connectivity index (χ4n) is 2.26. The molecule has 0 aliphatic heterocycles. The minimum absolute atomic E-state index is 0.145. The summed E-state index contributed by atoms with van der Waals surface area (Å²) in [5.41, 5.74) is 0.900. The highest BCUT2D eigenvalue weighted by Crippen LogP contribution is 2.35. The Morgan fingerprint density at radius 2 is 1.96 bits per heavy atom. The van der Waals surface area contributed by atoms with Crippen molar-refractivity contribution < 1.29 is 18.0 Å². The molecular formula is C14H17BrF3N5O. The Morgan fingerprint density at radius 3 is 2.42 bits per heavy atom. The van der Waals surface area contributed by atoms with E-state index in [4.69, 9.17) is 0 Å². The fraction of sp³-hybridized carbons (Fsp3) is 0.500. The first-order valence-electron chi connectivity index (χ1n) is 7.04. The quantitative estimate of drug-likeness (QED) is 0.782. The van der Waals surface area contributed by atoms with Gasteiger partial charge in [0.25, 0.3) is 0 Å². The van der Waals surface area contributed by atoms with E-state index in [1.807, 2.05) is 6.92 Å². The highest BCUT2D eigenvalue weighted by atomic mass is 79.9. The van der Waals surface area contributed by atoms with Crippen molar-refractivity contribution in [2.75, 3.05) is 7.05 Å². The van der Waals surface area contributed by atoms with Crippen molar-refractivity contribution in [3.8, 4) is 0 Å². The number of amides is 1. The molecule has 2 aromatic rings. The minimum atomic E-state index is -4.57. The normalized spacial score (nSPS) is 11.8. The summed E-state index contributed by atoms with van der Waals surface area (Å²) >= 11 is 2.89. The molecule has 0 fully saturated rings. The molecule has 0 N–H and O–H groups in total. The zero-order chi connectivity index (χ0) is 18.2. The summed E-state index contributed by atoms with van der Waals surface area (Å²) in [4.78, 5) is 13.7. The molecule has 1 amide bonds. The van der Waals surface area contributed by atoms with Crippen LogP contribution in [0.5, 0.6) is 0 Å². The minimum Gasteiger partial charge on any atom is -0.340 e. The van der Waals surface area contributed by atoms with E-state index >= 15 is 0 Å². The molecule has 0 atom stereocenters. The van der Waals surface area contributed by atoms with Crippen LogP contribution in [-0.4, -0.2) is 37.4 Å². The molecule has 6 nitrogen and oxygen atoms in total. The molecule has 0 saturated heterocycles. The van der Waals surface area contributed by atoms with Crippen molar-refractivity contribution in [1.29, 1.82) is 0 Å². The van der Waals surface area contributed by atoms with Crippen molar-refractivity contribution in [3.63, 3.8) is 0 Å². The lowest BCUT2D eigenvalue weighted by atomic mass is 10.2. The molecule has 0 unspecified atom stereocenters. The van der Waals surface area contributed by atoms with Crippen molar-refractivity contribution in [2.45, 2.75) is 33.1 Å². The second-order valence-electron chi connectivity index (χ2n) is 5.57. The Labute approximate surface area is 145 Å². The lowest BCUT2D eigenvalue weighted by molar-refractivity contribution is -0.142. The summed E-state index contributed by atoms with van der Waals surface area (Å²) in [6.45, 7) is 3.37. The molecule has 10 heteroatoms. The number of rotatable bonds is 4. The standard InChI is InChI=1S/C14H17BrF3N5O/c1-8-10(6-22(4)19-8)5-21(3)11(24)7-23-9(2)12(15)13(20-23)14(16,17)18/h6H,5,7H2,1-4H3. The van der Waals surface area contributed by atoms with E-state index in [0.717, 1.165) is 15.9 Å². The van der Waals surface area contributed by atoms with Crippen LogP contribution in [0.1, 0.15) is 22.6 Å². The highest BCUT2D eigenvalue weighted by molar-refractivity contribution is 9.10. The van der Waals surface area contributed by atoms with E-state index in [0.29, 0.717) is 6.54 Å². The zero-order valence-corrected chi connectivity index (χ0v) is 15.2. The smallest absolute Gasteiger partial charge is 0.340 e. The molecule has 2 heterocycles. The second-order valence-corrected chi connectivity index (χ2v) is 6.36. The van der Waals surface area contributed by atoms with Gasteiger partial charge in [-0.25, -0.2) is 0 Å². The number of halogens is 4. The van der Waals surface area contributed by atoms with Crippen LogP contribution in [0.3, 0.4) is 0 Å². The van der Waals surface area contributed by atoms with Gasteiger partial charge in [0.2, 0.25) is 5.91 Å². The van der Waals surface area contributed by atoms with Crippen LogP contribution in [0.4, 0.5) is 13.2 Å². The van der Waals surface area contributed by atoms with Gasteiger partial charge < -0.3 is 4.90 Å². The van der Waals surface area contributed by atoms with Gasteiger partial charge in [0.1, 0.15) is 6.54 Å². The van der Waals surface area contributed by atoms with Crippen LogP contribution in [0.25, 0.3) is 0 Å². The van der Waals surface area contributed by atoms with Gasteiger partial charge in [0, 0.05) is 32.4 Å². The predicted molar refractivity (Wildman–Crippen MR) is 84.1 cm³/mol. The lowest BCUT2D eigenvalue weighted by Crippen LogP contribution is -2.30. The van der Waals surface area contributed by atoms with Gasteiger partial charge in [-0.3, -0.25) is 14.2 Å². The van der Waals surface area contributed by atoms with Gasteiger partial charge >= 0.3 is 6.18 Å². The van der Waals surface area contributed by atoms with Crippen LogP contribution in [-0.2, 0) is 31.1 Å². The largest absolute Gasteiger partial charge is 0.436 e. The number of alkyl halides is 3. The van der Waals surface area contributed by atoms with Crippen LogP contribution in [0.15, 0.2) is 10.7 Å². The molecular weight excluding hydrogens is 391 g/mol. The third-order valence-corrected chi connectivity index (χ3v) is 4.58. The topological polar surface area (TPSA) is 56.0 Å². The molecule has 132 valence electrons. The molecule has 0 aromatic carbocycles. The molecule has 0 aliphatic carbocycles. The van der Waals surface area contributed by atoms with Gasteiger partial charge in [0.15, 0.2) is 5.69 Å². The molecule has 2 rings (SSSR count). The Hall–Kier alpha value is -1.84. The Kier molecular flexibility index (Phi) is 5.07. The number of aromatic nitrogens is 4. The van der Waals surface area contributed by atoms with E-state index in [-0.39, 0.29) is 22.6 Å². The number of carbonyl (C=O) groups excluding carboxylic acids is 1. The van der Waals surface area contributed by atoms with E-state index in [9.17, 15) is 18.0 Å². The maximum absolute atomic E-state index is 12.9. The lowest BCUT2D eigenvalue weighted by Gasteiger charge is -2.17. The van der Waals surface area contributed by atoms with Gasteiger partial charge in [-0.15, -0.1) is 0 Å². The molecule has 0 bridgehead atoms. The average Bonchev–Trinajstić information content (AvgIpc) is 2.91. The number of aryl methyl sites for hydroxylation is 2. The summed E-state index contributed by atoms with van der Waals surface area (Å²) in [5, 5.41) is 7.71. The number of hydrogen-bond donors (Lipinski definition) is 0. The summed E-state index contributed by atoms with van der Waals surface area (Å²) in [5.74, 6) is -0.343. The number of nitrogens with zero attached hydrogens (tertiary/aromatic N) is 5. The SMILES string of the molecule is Cc1nn(C)cc1CN(C)C(=O)Cn1nc(C(F)(F)F)c(Br)c1C. The van der Waals surface area contributed by atoms with Crippen LogP contribution < -0.4 is 0 Å². The van der Waals surface area contributed by atoms with Gasteiger partial charge in [-0.05, 0) is 29.8 Å². The molecule has 0 spiro atoms. The van der Waals surface area contributed by atoms with Crippen LogP contribution >= 0.6 is 15.9 Å². The monoisotopic (exact) mass is 407 g/mol. The third kappa shape index (κ3) is 3.80. The first-order chi connectivity index (χ1) is 11.0. The predicted octanol–water partition coefficient (Wildman–Crippen LogP) is 2.67. The van der Waals surface area contributed by atoms with Crippen molar-refractivity contribution in [3.05, 3.63) is 33.3 Å². The third-order valence-electron chi connectivity index (χ3n) is 3.64. The first kappa shape index (κ1) is 18.5. The van der Waals surface area contributed by atoms with Crippen molar-refractivity contribution in [1.82, 2.24) is 24.5 Å². The second kappa shape index (κ2) is 6.58. The van der Waals surface area contributed by atoms with Gasteiger partial charge in [-0.2, -0.15) is 23.4 Å². The number of carbonyl (C=O) groups is 1. The summed E-state index contributed by atoms with van der Waals surface area (Å²) < 4.78 is 41.1. The first-order valence-corrected chi connectivity index (χ1v) is 7.83. The van der Waals surface area contributed by atoms with Crippen LogP contribution in [0, 0.1) is 13.8 Å². The molecule has 2 aromatic heterocycles. The van der Waals surface area contributed by atoms with Crippen LogP contribution in [0.2, 0.25) is 0 Å². The maximum atomic E-state index is 12.9. The Morgan fingerprint density at radius 1 is 1.33 bits per heavy atom. The van der Waals surface area contributed by atoms with Gasteiger partial charge in [0.05, 0.1) is 15.9 Å². The van der Waals surface area contributed by atoms with E-state index < -0.39 is 11.9 Å². The number of likely N-dealkylation sites (N-methyl/N-ethyl adjacent to an activating group) is 1. The van der Waals surface area contributed by atoms with E-state index in [1.165, 1.54) is 11.8 Å². The Balaban J connectivity index is 2.13. The van der Waals surface area contributed by atoms with E-state index in [1.54, 1.807) is 25.0 Å². The van der Waals surface area contributed by atoms with Crippen molar-refractivity contribution in [2.24, 2.45) is 7.05 Å². The summed E-state index contributed by atoms with van der Waals surface area (Å²) in [7, 11) is 3.37. The zero-order valence-electron chi connectivity index (χ0n) is 13.6. The molecule has 0 radical (unpaired) electrons.